The minimum absolute atomic E-state index is 0.0268. The van der Waals surface area contributed by atoms with Crippen LogP contribution in [0.1, 0.15) is 57.6 Å². The molecule has 4 rings (SSSR count). The minimum atomic E-state index is -0.604. The number of hydrogen-bond acceptors (Lipinski definition) is 4. The molecule has 3 aliphatic rings. The Morgan fingerprint density at radius 2 is 1.73 bits per heavy atom. The summed E-state index contributed by atoms with van der Waals surface area (Å²) in [6.07, 6.45) is 2.98. The Morgan fingerprint density at radius 3 is 2.33 bits per heavy atom. The molecule has 1 spiro atoms. The number of hydrogen-bond donors (Lipinski definition) is 2. The number of piperidine rings is 3. The maximum absolute atomic E-state index is 13.0. The van der Waals surface area contributed by atoms with Crippen molar-refractivity contribution >= 4 is 11.8 Å². The second kappa shape index (κ2) is 8.67. The van der Waals surface area contributed by atoms with Crippen molar-refractivity contribution in [2.24, 2.45) is 11.3 Å². The lowest BCUT2D eigenvalue weighted by Gasteiger charge is -2.47. The topological polar surface area (TPSA) is 72.9 Å². The zero-order valence-electron chi connectivity index (χ0n) is 18.2. The number of aliphatic hydroxyl groups excluding tert-OH is 1. The summed E-state index contributed by atoms with van der Waals surface area (Å²) in [7, 11) is 0. The first-order chi connectivity index (χ1) is 14.4. The number of amides is 2. The second-order valence-corrected chi connectivity index (χ2v) is 9.64. The van der Waals surface area contributed by atoms with Crippen LogP contribution in [0.25, 0.3) is 0 Å². The smallest absolute Gasteiger partial charge is 0.227 e. The summed E-state index contributed by atoms with van der Waals surface area (Å²) in [5.41, 5.74) is 0.385. The van der Waals surface area contributed by atoms with Gasteiger partial charge in [-0.25, -0.2) is 0 Å². The molecule has 6 heteroatoms. The molecular weight excluding hydrogens is 378 g/mol. The zero-order valence-corrected chi connectivity index (χ0v) is 18.2. The molecule has 0 aromatic heterocycles. The molecule has 0 unspecified atom stereocenters. The fourth-order valence-electron chi connectivity index (χ4n) is 5.47. The maximum atomic E-state index is 13.0. The van der Waals surface area contributed by atoms with E-state index in [1.165, 1.54) is 0 Å². The van der Waals surface area contributed by atoms with Gasteiger partial charge in [0.2, 0.25) is 11.8 Å². The van der Waals surface area contributed by atoms with E-state index in [4.69, 9.17) is 0 Å². The molecule has 164 valence electrons. The fourth-order valence-corrected chi connectivity index (χ4v) is 5.47. The van der Waals surface area contributed by atoms with Crippen molar-refractivity contribution in [3.63, 3.8) is 0 Å². The van der Waals surface area contributed by atoms with Gasteiger partial charge in [-0.05, 0) is 64.6 Å². The van der Waals surface area contributed by atoms with Crippen molar-refractivity contribution in [1.29, 1.82) is 0 Å². The van der Waals surface area contributed by atoms with Crippen molar-refractivity contribution in [2.45, 2.75) is 64.1 Å². The first-order valence-corrected chi connectivity index (χ1v) is 11.5. The number of benzene rings is 1. The van der Waals surface area contributed by atoms with Gasteiger partial charge >= 0.3 is 0 Å². The molecule has 3 fully saturated rings. The number of likely N-dealkylation sites (tertiary alicyclic amines) is 2. The lowest BCUT2D eigenvalue weighted by molar-refractivity contribution is -0.150. The monoisotopic (exact) mass is 413 g/mol. The van der Waals surface area contributed by atoms with Crippen molar-refractivity contribution in [3.8, 4) is 0 Å². The molecule has 3 aliphatic heterocycles. The van der Waals surface area contributed by atoms with E-state index < -0.39 is 11.5 Å². The van der Waals surface area contributed by atoms with E-state index in [9.17, 15) is 14.7 Å². The summed E-state index contributed by atoms with van der Waals surface area (Å²) in [6, 6.07) is 9.85. The quantitative estimate of drug-likeness (QED) is 0.798. The zero-order chi connectivity index (χ0) is 21.3. The van der Waals surface area contributed by atoms with Gasteiger partial charge in [-0.1, -0.05) is 30.3 Å². The third kappa shape index (κ3) is 4.12. The van der Waals surface area contributed by atoms with E-state index in [1.807, 2.05) is 35.2 Å². The Balaban J connectivity index is 1.34. The van der Waals surface area contributed by atoms with Crippen LogP contribution in [0.3, 0.4) is 0 Å². The Labute approximate surface area is 179 Å². The summed E-state index contributed by atoms with van der Waals surface area (Å²) in [6.45, 7) is 7.61. The van der Waals surface area contributed by atoms with Crippen LogP contribution in [0.15, 0.2) is 30.3 Å². The first kappa shape index (κ1) is 21.3. The van der Waals surface area contributed by atoms with Gasteiger partial charge in [0.25, 0.3) is 0 Å². The molecule has 0 saturated carbocycles. The van der Waals surface area contributed by atoms with Crippen molar-refractivity contribution in [1.82, 2.24) is 15.1 Å². The third-order valence-corrected chi connectivity index (χ3v) is 7.55. The minimum Gasteiger partial charge on any atom is -0.391 e. The van der Waals surface area contributed by atoms with E-state index >= 15 is 0 Å². The highest BCUT2D eigenvalue weighted by molar-refractivity contribution is 5.85. The van der Waals surface area contributed by atoms with Crippen LogP contribution in [-0.2, 0) is 9.59 Å². The van der Waals surface area contributed by atoms with Crippen LogP contribution in [0.4, 0.5) is 0 Å². The Hall–Kier alpha value is -1.92. The number of aliphatic hydroxyl groups is 1. The van der Waals surface area contributed by atoms with Gasteiger partial charge in [0.1, 0.15) is 0 Å². The van der Waals surface area contributed by atoms with Gasteiger partial charge in [0.15, 0.2) is 0 Å². The van der Waals surface area contributed by atoms with Gasteiger partial charge in [-0.15, -0.1) is 0 Å². The first-order valence-electron chi connectivity index (χ1n) is 11.5. The van der Waals surface area contributed by atoms with E-state index in [0.717, 1.165) is 31.5 Å². The Morgan fingerprint density at radius 1 is 1.10 bits per heavy atom. The van der Waals surface area contributed by atoms with Crippen LogP contribution < -0.4 is 5.32 Å². The van der Waals surface area contributed by atoms with Gasteiger partial charge in [0, 0.05) is 25.0 Å². The molecule has 6 nitrogen and oxygen atoms in total. The molecular formula is C24H35N3O3. The summed E-state index contributed by atoms with van der Waals surface area (Å²) < 4.78 is 0. The van der Waals surface area contributed by atoms with Crippen LogP contribution >= 0.6 is 0 Å². The number of nitrogens with one attached hydrogen (secondary N) is 1. The molecule has 1 aromatic rings. The Bertz CT molecular complexity index is 750. The normalized spacial score (nSPS) is 28.0. The molecule has 2 N–H and O–H groups in total. The maximum Gasteiger partial charge on any atom is 0.227 e. The van der Waals surface area contributed by atoms with Crippen LogP contribution in [0, 0.1) is 11.3 Å². The number of nitrogens with zero attached hydrogens (tertiary/aromatic N) is 2. The highest BCUT2D eigenvalue weighted by atomic mass is 16.3. The number of carbonyl (C=O) groups excluding carboxylic acids is 2. The standard InChI is InChI=1S/C24H35N3O3/c1-17(2)26-12-8-19(9-13-26)22(29)27-14-10-24(11-15-27)16-20(28)21(25-23(24)30)18-6-4-3-5-7-18/h3-7,17,19-21,28H,8-16H2,1-2H3,(H,25,30)/t20-,21+/m1/s1. The predicted molar refractivity (Wildman–Crippen MR) is 116 cm³/mol. The van der Waals surface area contributed by atoms with E-state index in [1.54, 1.807) is 0 Å². The van der Waals surface area contributed by atoms with E-state index in [-0.39, 0.29) is 23.8 Å². The van der Waals surface area contributed by atoms with Crippen LogP contribution in [0.2, 0.25) is 0 Å². The highest BCUT2D eigenvalue weighted by Crippen LogP contribution is 2.43. The summed E-state index contributed by atoms with van der Waals surface area (Å²) in [5.74, 6) is 0.397. The van der Waals surface area contributed by atoms with Crippen LogP contribution in [-0.4, -0.2) is 65.0 Å². The average molecular weight is 414 g/mol. The summed E-state index contributed by atoms with van der Waals surface area (Å²) >= 11 is 0. The molecule has 1 aromatic carbocycles. The molecule has 3 heterocycles. The van der Waals surface area contributed by atoms with Gasteiger partial charge in [0.05, 0.1) is 17.6 Å². The van der Waals surface area contributed by atoms with E-state index in [2.05, 4.69) is 24.1 Å². The van der Waals surface area contributed by atoms with Crippen LogP contribution in [0.5, 0.6) is 0 Å². The predicted octanol–water partition coefficient (Wildman–Crippen LogP) is 2.34. The molecule has 30 heavy (non-hydrogen) atoms. The molecule has 0 radical (unpaired) electrons. The number of rotatable bonds is 3. The van der Waals surface area contributed by atoms with Gasteiger partial charge in [-0.2, -0.15) is 0 Å². The average Bonchev–Trinajstić information content (AvgIpc) is 2.77. The largest absolute Gasteiger partial charge is 0.391 e. The third-order valence-electron chi connectivity index (χ3n) is 7.55. The Kier molecular flexibility index (Phi) is 6.16. The van der Waals surface area contributed by atoms with Crippen molar-refractivity contribution in [2.75, 3.05) is 26.2 Å². The SMILES string of the molecule is CC(C)N1CCC(C(=O)N2CCC3(CC2)C[C@@H](O)[C@H](c2ccccc2)NC3=O)CC1. The molecule has 2 amide bonds. The molecule has 0 aliphatic carbocycles. The van der Waals surface area contributed by atoms with Crippen molar-refractivity contribution < 1.29 is 14.7 Å². The number of carbonyl (C=O) groups is 2. The lowest BCUT2D eigenvalue weighted by Crippen LogP contribution is -2.58. The van der Waals surface area contributed by atoms with E-state index in [0.29, 0.717) is 38.4 Å². The summed E-state index contributed by atoms with van der Waals surface area (Å²) in [4.78, 5) is 30.5. The lowest BCUT2D eigenvalue weighted by atomic mass is 9.69. The summed E-state index contributed by atoms with van der Waals surface area (Å²) in [5, 5.41) is 13.9. The molecule has 2 atom stereocenters. The molecule has 3 saturated heterocycles. The van der Waals surface area contributed by atoms with Gasteiger partial charge < -0.3 is 20.2 Å². The molecule has 0 bridgehead atoms. The second-order valence-electron chi connectivity index (χ2n) is 9.64. The fraction of sp³-hybridized carbons (Fsp3) is 0.667. The van der Waals surface area contributed by atoms with Gasteiger partial charge in [-0.3, -0.25) is 9.59 Å². The van der Waals surface area contributed by atoms with Crippen molar-refractivity contribution in [3.05, 3.63) is 35.9 Å². The highest BCUT2D eigenvalue weighted by Gasteiger charge is 2.49.